The maximum atomic E-state index is 10.5. The number of halogens is 2. The van der Waals surface area contributed by atoms with Crippen molar-refractivity contribution < 1.29 is 9.90 Å². The fourth-order valence-corrected chi connectivity index (χ4v) is 4.31. The van der Waals surface area contributed by atoms with Crippen LogP contribution in [-0.2, 0) is 0 Å². The molecule has 1 aliphatic rings. The number of nitriles is 1. The van der Waals surface area contributed by atoms with Crippen LogP contribution in [0.3, 0.4) is 0 Å². The Labute approximate surface area is 160 Å². The van der Waals surface area contributed by atoms with E-state index < -0.39 is 5.97 Å². The van der Waals surface area contributed by atoms with Crippen molar-refractivity contribution in [2.45, 2.75) is 48.0 Å². The Morgan fingerprint density at radius 3 is 2.16 bits per heavy atom. The standard InChI is InChI=1S/C11H15Cl2N.C9H10O2/c1-5-11(6-8(12)13)9(2,3)10(11,4)7-14;1-6-3-4-8(9(10)11)7(2)5-6/h6H,5H2,1-4H3;3-5H,1-2H3,(H,10,11). The lowest BCUT2D eigenvalue weighted by Crippen LogP contribution is -2.06. The molecule has 1 aromatic carbocycles. The third-order valence-corrected chi connectivity index (χ3v) is 6.16. The molecule has 1 saturated carbocycles. The summed E-state index contributed by atoms with van der Waals surface area (Å²) in [6, 6.07) is 7.69. The summed E-state index contributed by atoms with van der Waals surface area (Å²) < 4.78 is 0.263. The SMILES string of the molecule is CCC1(C=C(Cl)Cl)C(C)(C)C1(C)C#N.Cc1ccc(C(=O)O)c(C)c1. The van der Waals surface area contributed by atoms with Gasteiger partial charge < -0.3 is 5.11 Å². The smallest absolute Gasteiger partial charge is 0.335 e. The first-order valence-corrected chi connectivity index (χ1v) is 8.91. The van der Waals surface area contributed by atoms with Crippen LogP contribution in [0.1, 0.15) is 55.6 Å². The average molecular weight is 382 g/mol. The molecule has 25 heavy (non-hydrogen) atoms. The summed E-state index contributed by atoms with van der Waals surface area (Å²) in [6.07, 6.45) is 2.71. The molecule has 0 aliphatic heterocycles. The summed E-state index contributed by atoms with van der Waals surface area (Å²) in [5, 5.41) is 17.9. The normalized spacial score (nSPS) is 25.9. The molecule has 1 fully saturated rings. The topological polar surface area (TPSA) is 61.1 Å². The van der Waals surface area contributed by atoms with E-state index >= 15 is 0 Å². The Hall–Kier alpha value is -1.50. The summed E-state index contributed by atoms with van der Waals surface area (Å²) >= 11 is 11.4. The van der Waals surface area contributed by atoms with Crippen molar-refractivity contribution in [1.29, 1.82) is 5.26 Å². The molecule has 0 aromatic heterocycles. The Kier molecular flexibility index (Phi) is 6.37. The molecule has 1 aromatic rings. The number of aromatic carboxylic acids is 1. The number of allylic oxidation sites excluding steroid dienone is 1. The summed E-state index contributed by atoms with van der Waals surface area (Å²) in [4.78, 5) is 10.5. The van der Waals surface area contributed by atoms with Crippen LogP contribution in [0.15, 0.2) is 28.8 Å². The van der Waals surface area contributed by atoms with E-state index in [-0.39, 0.29) is 20.7 Å². The van der Waals surface area contributed by atoms with Crippen molar-refractivity contribution in [3.05, 3.63) is 45.5 Å². The zero-order valence-electron chi connectivity index (χ0n) is 15.6. The van der Waals surface area contributed by atoms with Crippen LogP contribution in [0.5, 0.6) is 0 Å². The van der Waals surface area contributed by atoms with Gasteiger partial charge in [-0.05, 0) is 50.3 Å². The largest absolute Gasteiger partial charge is 0.478 e. The highest BCUT2D eigenvalue weighted by atomic mass is 35.5. The van der Waals surface area contributed by atoms with E-state index in [2.05, 4.69) is 26.8 Å². The minimum atomic E-state index is -0.859. The molecule has 136 valence electrons. The first-order chi connectivity index (χ1) is 11.4. The monoisotopic (exact) mass is 381 g/mol. The van der Waals surface area contributed by atoms with Crippen molar-refractivity contribution in [3.8, 4) is 6.07 Å². The highest BCUT2D eigenvalue weighted by Crippen LogP contribution is 2.80. The molecule has 2 atom stereocenters. The van der Waals surface area contributed by atoms with Crippen molar-refractivity contribution in [2.75, 3.05) is 0 Å². The molecule has 0 spiro atoms. The average Bonchev–Trinajstić information content (AvgIpc) is 2.87. The van der Waals surface area contributed by atoms with Gasteiger partial charge in [0.2, 0.25) is 0 Å². The predicted molar refractivity (Wildman–Crippen MR) is 103 cm³/mol. The van der Waals surface area contributed by atoms with Crippen LogP contribution in [0.25, 0.3) is 0 Å². The van der Waals surface area contributed by atoms with Gasteiger partial charge in [-0.15, -0.1) is 0 Å². The van der Waals surface area contributed by atoms with Gasteiger partial charge in [-0.25, -0.2) is 4.79 Å². The number of nitrogens with zero attached hydrogens (tertiary/aromatic N) is 1. The Morgan fingerprint density at radius 2 is 1.84 bits per heavy atom. The number of carboxylic acids is 1. The van der Waals surface area contributed by atoms with E-state index in [0.29, 0.717) is 5.56 Å². The first-order valence-electron chi connectivity index (χ1n) is 8.16. The van der Waals surface area contributed by atoms with Crippen LogP contribution in [0.2, 0.25) is 0 Å². The van der Waals surface area contributed by atoms with Gasteiger partial charge in [0.05, 0.1) is 17.0 Å². The second kappa shape index (κ2) is 7.40. The summed E-state index contributed by atoms with van der Waals surface area (Å²) in [5.74, 6) is -0.859. The van der Waals surface area contributed by atoms with Crippen molar-refractivity contribution >= 4 is 29.2 Å². The van der Waals surface area contributed by atoms with Crippen LogP contribution in [-0.4, -0.2) is 11.1 Å². The van der Waals surface area contributed by atoms with Crippen LogP contribution in [0.4, 0.5) is 0 Å². The van der Waals surface area contributed by atoms with E-state index in [1.807, 2.05) is 26.0 Å². The number of hydrogen-bond donors (Lipinski definition) is 1. The second-order valence-corrected chi connectivity index (χ2v) is 8.25. The molecule has 3 nitrogen and oxygen atoms in total. The number of aryl methyl sites for hydroxylation is 2. The van der Waals surface area contributed by atoms with Gasteiger partial charge in [0.25, 0.3) is 0 Å². The van der Waals surface area contributed by atoms with E-state index in [1.165, 1.54) is 0 Å². The third-order valence-electron chi connectivity index (χ3n) is 5.94. The molecule has 0 heterocycles. The molecule has 0 radical (unpaired) electrons. The predicted octanol–water partition coefficient (Wildman–Crippen LogP) is 6.27. The maximum Gasteiger partial charge on any atom is 0.335 e. The Morgan fingerprint density at radius 1 is 1.28 bits per heavy atom. The van der Waals surface area contributed by atoms with Crippen LogP contribution < -0.4 is 0 Å². The van der Waals surface area contributed by atoms with Gasteiger partial charge in [-0.1, -0.05) is 61.7 Å². The van der Waals surface area contributed by atoms with Crippen molar-refractivity contribution in [1.82, 2.24) is 0 Å². The van der Waals surface area contributed by atoms with Gasteiger partial charge in [-0.3, -0.25) is 0 Å². The minimum Gasteiger partial charge on any atom is -0.478 e. The van der Waals surface area contributed by atoms with Gasteiger partial charge in [-0.2, -0.15) is 5.26 Å². The second-order valence-electron chi connectivity index (χ2n) is 7.24. The van der Waals surface area contributed by atoms with Crippen molar-refractivity contribution in [3.63, 3.8) is 0 Å². The minimum absolute atomic E-state index is 0.0570. The summed E-state index contributed by atoms with van der Waals surface area (Å²) in [6.45, 7) is 12.0. The molecular weight excluding hydrogens is 357 g/mol. The summed E-state index contributed by atoms with van der Waals surface area (Å²) in [7, 11) is 0. The molecule has 0 saturated heterocycles. The fourth-order valence-electron chi connectivity index (χ4n) is 3.94. The lowest BCUT2D eigenvalue weighted by atomic mass is 9.92. The van der Waals surface area contributed by atoms with Crippen LogP contribution >= 0.6 is 23.2 Å². The highest BCUT2D eigenvalue weighted by molar-refractivity contribution is 6.55. The van der Waals surface area contributed by atoms with Crippen molar-refractivity contribution in [2.24, 2.45) is 16.2 Å². The lowest BCUT2D eigenvalue weighted by Gasteiger charge is -2.12. The van der Waals surface area contributed by atoms with Crippen LogP contribution in [0, 0.1) is 41.4 Å². The molecule has 2 unspecified atom stereocenters. The fraction of sp³-hybridized carbons (Fsp3) is 0.500. The van der Waals surface area contributed by atoms with E-state index in [0.717, 1.165) is 17.5 Å². The first kappa shape index (κ1) is 21.5. The molecule has 2 rings (SSSR count). The van der Waals surface area contributed by atoms with E-state index in [9.17, 15) is 10.1 Å². The van der Waals surface area contributed by atoms with E-state index in [1.54, 1.807) is 19.1 Å². The number of rotatable bonds is 3. The molecule has 0 amide bonds. The Balaban J connectivity index is 0.000000257. The number of carbonyl (C=O) groups is 1. The third kappa shape index (κ3) is 3.57. The van der Waals surface area contributed by atoms with Gasteiger partial charge in [0.15, 0.2) is 0 Å². The highest BCUT2D eigenvalue weighted by Gasteiger charge is 2.78. The van der Waals surface area contributed by atoms with E-state index in [4.69, 9.17) is 28.3 Å². The molecule has 1 aliphatic carbocycles. The maximum absolute atomic E-state index is 10.5. The number of carboxylic acid groups (broad SMARTS) is 1. The van der Waals surface area contributed by atoms with Gasteiger partial charge in [0, 0.05) is 5.41 Å². The zero-order chi connectivity index (χ0) is 19.6. The zero-order valence-corrected chi connectivity index (χ0v) is 17.1. The molecule has 0 bridgehead atoms. The quantitative estimate of drug-likeness (QED) is 0.670. The molecular formula is C20H25Cl2NO2. The number of benzene rings is 1. The van der Waals surface area contributed by atoms with Gasteiger partial charge >= 0.3 is 5.97 Å². The van der Waals surface area contributed by atoms with Gasteiger partial charge in [0.1, 0.15) is 4.49 Å². The molecule has 1 N–H and O–H groups in total. The molecule has 5 heteroatoms. The Bertz CT molecular complexity index is 745. The lowest BCUT2D eigenvalue weighted by molar-refractivity contribution is 0.0696. The number of hydrogen-bond acceptors (Lipinski definition) is 2. The summed E-state index contributed by atoms with van der Waals surface area (Å²) in [5.41, 5.74) is 1.70.